The molecule has 0 aliphatic carbocycles. The van der Waals surface area contributed by atoms with Gasteiger partial charge in [-0.25, -0.2) is 15.0 Å². The third-order valence-corrected chi connectivity index (χ3v) is 11.1. The number of terminal acetylenes is 1. The van der Waals surface area contributed by atoms with Crippen LogP contribution in [0.2, 0.25) is 18.1 Å². The molecule has 0 saturated carbocycles. The van der Waals surface area contributed by atoms with Gasteiger partial charge in [-0.15, -0.1) is 6.42 Å². The van der Waals surface area contributed by atoms with Gasteiger partial charge in [0.15, 0.2) is 31.8 Å². The molecular weight excluding hydrogens is 414 g/mol. The van der Waals surface area contributed by atoms with Gasteiger partial charge in [0.25, 0.3) is 0 Å². The molecule has 2 saturated heterocycles. The van der Waals surface area contributed by atoms with E-state index in [0.29, 0.717) is 17.0 Å². The van der Waals surface area contributed by atoms with E-state index in [-0.39, 0.29) is 6.10 Å². The number of imidazole rings is 1. The maximum atomic E-state index is 6.64. The van der Waals surface area contributed by atoms with Crippen LogP contribution in [0.3, 0.4) is 0 Å². The first kappa shape index (κ1) is 22.2. The molecule has 0 radical (unpaired) electrons. The number of hydrogen-bond acceptors (Lipinski definition) is 8. The van der Waals surface area contributed by atoms with Crippen molar-refractivity contribution in [3.05, 3.63) is 12.7 Å². The lowest BCUT2D eigenvalue weighted by atomic mass is 10.1. The molecule has 2 aliphatic heterocycles. The summed E-state index contributed by atoms with van der Waals surface area (Å²) in [6, 6.07) is 2.98. The van der Waals surface area contributed by atoms with Crippen LogP contribution in [-0.2, 0) is 18.6 Å². The normalized spacial score (nSPS) is 28.5. The Labute approximate surface area is 183 Å². The number of fused-ring (bicyclic) bond motifs is 2. The Bertz CT molecular complexity index is 978. The molecule has 9 nitrogen and oxygen atoms in total. The topological polar surface area (TPSA) is 107 Å². The molecule has 10 heteroatoms. The van der Waals surface area contributed by atoms with Gasteiger partial charge < -0.3 is 24.4 Å². The first-order chi connectivity index (χ1) is 14.8. The zero-order chi connectivity index (χ0) is 22.4. The number of anilines is 1. The number of ether oxygens (including phenoxy) is 3. The van der Waals surface area contributed by atoms with Crippen LogP contribution < -0.4 is 5.73 Å². The van der Waals surface area contributed by atoms with Crippen molar-refractivity contribution in [1.82, 2.24) is 19.5 Å². The van der Waals surface area contributed by atoms with E-state index in [4.69, 9.17) is 30.8 Å². The monoisotopic (exact) mass is 445 g/mol. The summed E-state index contributed by atoms with van der Waals surface area (Å²) in [5.74, 6) is 2.38. The summed E-state index contributed by atoms with van der Waals surface area (Å²) in [4.78, 5) is 12.7. The highest BCUT2D eigenvalue weighted by atomic mass is 28.4. The summed E-state index contributed by atoms with van der Waals surface area (Å²) in [5.41, 5.74) is 7.05. The second-order valence-electron chi connectivity index (χ2n) is 8.59. The van der Waals surface area contributed by atoms with Crippen molar-refractivity contribution >= 4 is 25.3 Å². The molecule has 4 rings (SSSR count). The van der Waals surface area contributed by atoms with Crippen molar-refractivity contribution in [2.45, 2.75) is 89.2 Å². The largest absolute Gasteiger partial charge is 0.401 e. The van der Waals surface area contributed by atoms with Gasteiger partial charge >= 0.3 is 0 Å². The number of nitrogens with zero attached hydrogens (tertiary/aromatic N) is 4. The van der Waals surface area contributed by atoms with Gasteiger partial charge in [-0.2, -0.15) is 0 Å². The van der Waals surface area contributed by atoms with Crippen LogP contribution in [0.1, 0.15) is 40.8 Å². The molecule has 2 aromatic heterocycles. The van der Waals surface area contributed by atoms with E-state index in [2.05, 4.69) is 41.6 Å². The van der Waals surface area contributed by atoms with E-state index in [0.717, 1.165) is 18.1 Å². The van der Waals surface area contributed by atoms with Crippen LogP contribution in [-0.4, -0.2) is 58.0 Å². The SMILES string of the molecule is C#C[C@@H](O[Si](CC)(CC)CC)[C@H]1O[C@@H](n2cnc3c(N)ncnc32)[C@@H]2OC(C)(C)O[C@@H]21. The van der Waals surface area contributed by atoms with Gasteiger partial charge in [0.2, 0.25) is 0 Å². The Morgan fingerprint density at radius 1 is 1.19 bits per heavy atom. The fraction of sp³-hybridized carbons (Fsp3) is 0.667. The third-order valence-electron chi connectivity index (χ3n) is 6.50. The predicted octanol–water partition coefficient (Wildman–Crippen LogP) is 2.85. The Balaban J connectivity index is 1.70. The number of nitrogens with two attached hydrogens (primary N) is 1. The molecule has 31 heavy (non-hydrogen) atoms. The molecule has 2 aromatic rings. The Morgan fingerprint density at radius 3 is 2.52 bits per heavy atom. The molecule has 5 atom stereocenters. The average molecular weight is 446 g/mol. The molecule has 0 spiro atoms. The molecule has 0 amide bonds. The van der Waals surface area contributed by atoms with Crippen LogP contribution in [0.5, 0.6) is 0 Å². The third kappa shape index (κ3) is 3.74. The average Bonchev–Trinajstić information content (AvgIpc) is 3.41. The van der Waals surface area contributed by atoms with Gasteiger partial charge in [0, 0.05) is 0 Å². The zero-order valence-electron chi connectivity index (χ0n) is 18.7. The second-order valence-corrected chi connectivity index (χ2v) is 13.3. The van der Waals surface area contributed by atoms with Crippen molar-refractivity contribution < 1.29 is 18.6 Å². The van der Waals surface area contributed by atoms with E-state index in [1.54, 1.807) is 6.33 Å². The fourth-order valence-corrected chi connectivity index (χ4v) is 7.34. The van der Waals surface area contributed by atoms with Gasteiger partial charge in [0.05, 0.1) is 6.33 Å². The van der Waals surface area contributed by atoms with Crippen LogP contribution in [0.25, 0.3) is 11.2 Å². The molecule has 168 valence electrons. The van der Waals surface area contributed by atoms with E-state index in [1.165, 1.54) is 6.33 Å². The number of aromatic nitrogens is 4. The van der Waals surface area contributed by atoms with E-state index < -0.39 is 38.6 Å². The second kappa shape index (κ2) is 8.15. The van der Waals surface area contributed by atoms with Crippen LogP contribution in [0.4, 0.5) is 5.82 Å². The fourth-order valence-electron chi connectivity index (χ4n) is 4.60. The van der Waals surface area contributed by atoms with Gasteiger partial charge in [-0.1, -0.05) is 26.7 Å². The first-order valence-electron chi connectivity index (χ1n) is 10.9. The Hall–Kier alpha value is -2.03. The van der Waals surface area contributed by atoms with E-state index >= 15 is 0 Å². The summed E-state index contributed by atoms with van der Waals surface area (Å²) in [7, 11) is -1.96. The first-order valence-corrected chi connectivity index (χ1v) is 13.4. The summed E-state index contributed by atoms with van der Waals surface area (Å²) in [6.45, 7) is 10.3. The van der Waals surface area contributed by atoms with Crippen LogP contribution in [0.15, 0.2) is 12.7 Å². The molecule has 2 N–H and O–H groups in total. The highest BCUT2D eigenvalue weighted by molar-refractivity contribution is 6.73. The molecule has 4 heterocycles. The minimum absolute atomic E-state index is 0.313. The van der Waals surface area contributed by atoms with Crippen molar-refractivity contribution in [3.8, 4) is 12.3 Å². The Morgan fingerprint density at radius 2 is 1.87 bits per heavy atom. The lowest BCUT2D eigenvalue weighted by Gasteiger charge is -2.34. The number of nitrogen functional groups attached to an aromatic ring is 1. The highest BCUT2D eigenvalue weighted by Gasteiger charge is 2.58. The van der Waals surface area contributed by atoms with Crippen LogP contribution >= 0.6 is 0 Å². The lowest BCUT2D eigenvalue weighted by Crippen LogP contribution is -2.47. The summed E-state index contributed by atoms with van der Waals surface area (Å²) in [6.07, 6.45) is 6.70. The molecule has 0 bridgehead atoms. The smallest absolute Gasteiger partial charge is 0.193 e. The molecular formula is C21H31N5O4Si. The summed E-state index contributed by atoms with van der Waals surface area (Å²) >= 11 is 0. The highest BCUT2D eigenvalue weighted by Crippen LogP contribution is 2.45. The summed E-state index contributed by atoms with van der Waals surface area (Å²) < 4.78 is 27.4. The summed E-state index contributed by atoms with van der Waals surface area (Å²) in [5, 5.41) is 0. The maximum absolute atomic E-state index is 6.64. The van der Waals surface area contributed by atoms with Gasteiger partial charge in [0.1, 0.15) is 36.3 Å². The van der Waals surface area contributed by atoms with Crippen LogP contribution in [0, 0.1) is 12.3 Å². The van der Waals surface area contributed by atoms with Crippen molar-refractivity contribution in [2.75, 3.05) is 5.73 Å². The quantitative estimate of drug-likeness (QED) is 0.512. The molecule has 2 fully saturated rings. The van der Waals surface area contributed by atoms with Crippen molar-refractivity contribution in [1.29, 1.82) is 0 Å². The minimum Gasteiger partial charge on any atom is -0.401 e. The maximum Gasteiger partial charge on any atom is 0.193 e. The van der Waals surface area contributed by atoms with Crippen molar-refractivity contribution in [2.24, 2.45) is 0 Å². The zero-order valence-corrected chi connectivity index (χ0v) is 19.7. The Kier molecular flexibility index (Phi) is 5.83. The van der Waals surface area contributed by atoms with E-state index in [1.807, 2.05) is 18.4 Å². The van der Waals surface area contributed by atoms with Gasteiger partial charge in [-0.05, 0) is 32.0 Å². The lowest BCUT2D eigenvalue weighted by molar-refractivity contribution is -0.202. The number of rotatable bonds is 7. The van der Waals surface area contributed by atoms with E-state index in [9.17, 15) is 0 Å². The van der Waals surface area contributed by atoms with Gasteiger partial charge in [-0.3, -0.25) is 4.57 Å². The molecule has 0 unspecified atom stereocenters. The molecule has 2 aliphatic rings. The van der Waals surface area contributed by atoms with Crippen molar-refractivity contribution in [3.63, 3.8) is 0 Å². The number of hydrogen-bond donors (Lipinski definition) is 1. The minimum atomic E-state index is -1.96. The standard InChI is InChI=1S/C21H31N5O4Si/c1-7-13(30-31(8-2,9-3)10-4)15-16-17(29-21(5,6)28-16)20(27-15)26-12-25-14-18(22)23-11-24-19(14)26/h1,11-13,15-17,20H,8-10H2,2-6H3,(H2,22,23,24)/t13-,15-,16-,17-,20-/m1/s1. The predicted molar refractivity (Wildman–Crippen MR) is 118 cm³/mol. The molecule has 0 aromatic carbocycles.